The monoisotopic (exact) mass is 318 g/mol. The van der Waals surface area contributed by atoms with Crippen molar-refractivity contribution in [1.29, 1.82) is 0 Å². The molecule has 0 amide bonds. The van der Waals surface area contributed by atoms with Crippen LogP contribution in [0.2, 0.25) is 6.04 Å². The van der Waals surface area contributed by atoms with Crippen LogP contribution in [0, 0.1) is 5.92 Å². The molecule has 2 N–H and O–H groups in total. The van der Waals surface area contributed by atoms with Gasteiger partial charge in [0.05, 0.1) is 0 Å². The Morgan fingerprint density at radius 1 is 0.857 bits per heavy atom. The SMILES string of the molecule is CO[Si](CCCNCCNCC1CCCCC1)(OC)OC. The number of hydrogen-bond donors (Lipinski definition) is 2. The topological polar surface area (TPSA) is 51.8 Å². The predicted octanol–water partition coefficient (Wildman–Crippen LogP) is 2.01. The summed E-state index contributed by atoms with van der Waals surface area (Å²) in [6, 6.07) is 0.860. The highest BCUT2D eigenvalue weighted by atomic mass is 28.4. The Kier molecular flexibility index (Phi) is 10.5. The van der Waals surface area contributed by atoms with Crippen LogP contribution in [0.15, 0.2) is 0 Å². The molecule has 0 atom stereocenters. The lowest BCUT2D eigenvalue weighted by molar-refractivity contribution is 0.123. The van der Waals surface area contributed by atoms with Crippen molar-refractivity contribution in [3.63, 3.8) is 0 Å². The lowest BCUT2D eigenvalue weighted by Crippen LogP contribution is -2.43. The van der Waals surface area contributed by atoms with E-state index in [4.69, 9.17) is 13.3 Å². The smallest absolute Gasteiger partial charge is 0.377 e. The first-order valence-electron chi connectivity index (χ1n) is 8.33. The zero-order valence-corrected chi connectivity index (χ0v) is 15.1. The van der Waals surface area contributed by atoms with Gasteiger partial charge in [-0.05, 0) is 38.3 Å². The highest BCUT2D eigenvalue weighted by Gasteiger charge is 2.36. The fourth-order valence-corrected chi connectivity index (χ4v) is 4.71. The molecule has 0 bridgehead atoms. The molecular formula is C15H34N2O3Si. The van der Waals surface area contributed by atoms with Crippen molar-refractivity contribution in [3.05, 3.63) is 0 Å². The van der Waals surface area contributed by atoms with Crippen LogP contribution in [0.5, 0.6) is 0 Å². The molecule has 6 heteroatoms. The minimum absolute atomic E-state index is 0.860. The molecule has 1 rings (SSSR count). The molecule has 1 aliphatic carbocycles. The molecule has 0 spiro atoms. The van der Waals surface area contributed by atoms with Gasteiger partial charge in [-0.3, -0.25) is 0 Å². The van der Waals surface area contributed by atoms with Crippen molar-refractivity contribution in [2.45, 2.75) is 44.6 Å². The molecule has 0 unspecified atom stereocenters. The molecule has 1 fully saturated rings. The second-order valence-electron chi connectivity index (χ2n) is 5.86. The van der Waals surface area contributed by atoms with Crippen LogP contribution >= 0.6 is 0 Å². The third-order valence-corrected chi connectivity index (χ3v) is 7.24. The lowest BCUT2D eigenvalue weighted by Gasteiger charge is -2.24. The summed E-state index contributed by atoms with van der Waals surface area (Å²) in [7, 11) is 2.63. The quantitative estimate of drug-likeness (QED) is 0.426. The average molecular weight is 319 g/mol. The molecule has 21 heavy (non-hydrogen) atoms. The summed E-state index contributed by atoms with van der Waals surface area (Å²) < 4.78 is 16.2. The van der Waals surface area contributed by atoms with Crippen LogP contribution in [0.3, 0.4) is 0 Å². The van der Waals surface area contributed by atoms with Gasteiger partial charge < -0.3 is 23.9 Å². The summed E-state index contributed by atoms with van der Waals surface area (Å²) in [4.78, 5) is 0. The number of nitrogens with one attached hydrogen (secondary N) is 2. The Labute approximate surface area is 131 Å². The van der Waals surface area contributed by atoms with Crippen molar-refractivity contribution in [2.24, 2.45) is 5.92 Å². The first kappa shape index (κ1) is 19.1. The third-order valence-electron chi connectivity index (χ3n) is 4.41. The maximum atomic E-state index is 5.40. The van der Waals surface area contributed by atoms with E-state index in [1.54, 1.807) is 21.3 Å². The summed E-state index contributed by atoms with van der Waals surface area (Å²) >= 11 is 0. The van der Waals surface area contributed by atoms with Crippen molar-refractivity contribution in [1.82, 2.24) is 10.6 Å². The molecule has 1 aliphatic rings. The molecule has 5 nitrogen and oxygen atoms in total. The van der Waals surface area contributed by atoms with Crippen LogP contribution in [-0.2, 0) is 13.3 Å². The van der Waals surface area contributed by atoms with Gasteiger partial charge in [0, 0.05) is 40.5 Å². The van der Waals surface area contributed by atoms with Crippen LogP contribution in [0.25, 0.3) is 0 Å². The van der Waals surface area contributed by atoms with E-state index < -0.39 is 8.80 Å². The van der Waals surface area contributed by atoms with Gasteiger partial charge in [0.25, 0.3) is 0 Å². The number of hydrogen-bond acceptors (Lipinski definition) is 5. The molecule has 126 valence electrons. The van der Waals surface area contributed by atoms with Gasteiger partial charge in [-0.15, -0.1) is 0 Å². The maximum Gasteiger partial charge on any atom is 0.500 e. The fraction of sp³-hybridized carbons (Fsp3) is 1.00. The highest BCUT2D eigenvalue weighted by Crippen LogP contribution is 2.22. The van der Waals surface area contributed by atoms with Gasteiger partial charge in [0.1, 0.15) is 0 Å². The Hall–Kier alpha value is 0.0169. The summed E-state index contributed by atoms with van der Waals surface area (Å²) in [6.07, 6.45) is 8.14. The van der Waals surface area contributed by atoms with Gasteiger partial charge in [-0.2, -0.15) is 0 Å². The van der Waals surface area contributed by atoms with Crippen LogP contribution < -0.4 is 10.6 Å². The van der Waals surface area contributed by atoms with E-state index in [1.165, 1.54) is 38.6 Å². The van der Waals surface area contributed by atoms with Crippen LogP contribution in [0.4, 0.5) is 0 Å². The first-order valence-corrected chi connectivity index (χ1v) is 10.3. The molecule has 1 saturated carbocycles. The van der Waals surface area contributed by atoms with E-state index in [-0.39, 0.29) is 0 Å². The van der Waals surface area contributed by atoms with E-state index in [0.29, 0.717) is 0 Å². The number of rotatable bonds is 12. The van der Waals surface area contributed by atoms with E-state index in [9.17, 15) is 0 Å². The maximum absolute atomic E-state index is 5.40. The highest BCUT2D eigenvalue weighted by molar-refractivity contribution is 6.60. The molecule has 0 aromatic carbocycles. The molecular weight excluding hydrogens is 284 g/mol. The van der Waals surface area contributed by atoms with Gasteiger partial charge in [-0.1, -0.05) is 19.3 Å². The second-order valence-corrected chi connectivity index (χ2v) is 8.95. The average Bonchev–Trinajstić information content (AvgIpc) is 2.55. The predicted molar refractivity (Wildman–Crippen MR) is 88.5 cm³/mol. The Morgan fingerprint density at radius 2 is 1.48 bits per heavy atom. The zero-order valence-electron chi connectivity index (χ0n) is 14.1. The van der Waals surface area contributed by atoms with E-state index in [0.717, 1.165) is 38.0 Å². The normalized spacial score (nSPS) is 17.3. The molecule has 0 radical (unpaired) electrons. The second kappa shape index (κ2) is 11.6. The first-order chi connectivity index (χ1) is 10.3. The Bertz CT molecular complexity index is 239. The molecule has 0 aliphatic heterocycles. The van der Waals surface area contributed by atoms with E-state index in [1.807, 2.05) is 0 Å². The standard InChI is InChI=1S/C15H34N2O3Si/c1-18-21(19-2,20-3)13-7-10-16-11-12-17-14-15-8-5-4-6-9-15/h15-17H,4-14H2,1-3H3. The fourth-order valence-electron chi connectivity index (χ4n) is 2.99. The van der Waals surface area contributed by atoms with Crippen LogP contribution in [-0.4, -0.2) is 56.3 Å². The summed E-state index contributed by atoms with van der Waals surface area (Å²) in [6.45, 7) is 4.25. The minimum Gasteiger partial charge on any atom is -0.377 e. The third kappa shape index (κ3) is 7.72. The van der Waals surface area contributed by atoms with Crippen molar-refractivity contribution < 1.29 is 13.3 Å². The van der Waals surface area contributed by atoms with Crippen molar-refractivity contribution in [3.8, 4) is 0 Å². The van der Waals surface area contributed by atoms with Crippen molar-refractivity contribution in [2.75, 3.05) is 47.5 Å². The molecule has 0 heterocycles. The lowest BCUT2D eigenvalue weighted by atomic mass is 9.89. The van der Waals surface area contributed by atoms with Crippen molar-refractivity contribution >= 4 is 8.80 Å². The molecule has 0 saturated heterocycles. The van der Waals surface area contributed by atoms with Crippen LogP contribution in [0.1, 0.15) is 38.5 Å². The zero-order chi connectivity index (χ0) is 15.4. The van der Waals surface area contributed by atoms with Gasteiger partial charge in [0.15, 0.2) is 0 Å². The minimum atomic E-state index is -2.37. The van der Waals surface area contributed by atoms with E-state index >= 15 is 0 Å². The Balaban J connectivity index is 1.92. The van der Waals surface area contributed by atoms with Gasteiger partial charge >= 0.3 is 8.80 Å². The Morgan fingerprint density at radius 3 is 2.10 bits per heavy atom. The van der Waals surface area contributed by atoms with E-state index in [2.05, 4.69) is 10.6 Å². The van der Waals surface area contributed by atoms with Gasteiger partial charge in [-0.25, -0.2) is 0 Å². The summed E-state index contributed by atoms with van der Waals surface area (Å²) in [5.74, 6) is 0.912. The largest absolute Gasteiger partial charge is 0.500 e. The molecule has 0 aromatic rings. The van der Waals surface area contributed by atoms with Gasteiger partial charge in [0.2, 0.25) is 0 Å². The summed E-state index contributed by atoms with van der Waals surface area (Å²) in [5.41, 5.74) is 0. The molecule has 0 aromatic heterocycles. The summed E-state index contributed by atoms with van der Waals surface area (Å²) in [5, 5.41) is 7.03.